The summed E-state index contributed by atoms with van der Waals surface area (Å²) in [6.45, 7) is 2.40. The number of hydrogen-bond acceptors (Lipinski definition) is 3. The Hall–Kier alpha value is -1.06. The predicted octanol–water partition coefficient (Wildman–Crippen LogP) is 5.10. The molecule has 0 heterocycles. The predicted molar refractivity (Wildman–Crippen MR) is 105 cm³/mol. The highest BCUT2D eigenvalue weighted by Gasteiger charge is 2.28. The van der Waals surface area contributed by atoms with E-state index in [1.807, 2.05) is 6.92 Å². The van der Waals surface area contributed by atoms with Gasteiger partial charge in [-0.3, -0.25) is 9.59 Å². The molecule has 0 aliphatic heterocycles. The Bertz CT molecular complexity index is 423. The third kappa shape index (κ3) is 6.92. The lowest BCUT2D eigenvalue weighted by Crippen LogP contribution is -2.44. The van der Waals surface area contributed by atoms with Crippen LogP contribution in [-0.2, 0) is 14.3 Å². The van der Waals surface area contributed by atoms with Crippen molar-refractivity contribution in [1.29, 1.82) is 0 Å². The van der Waals surface area contributed by atoms with Crippen molar-refractivity contribution < 1.29 is 14.3 Å². The van der Waals surface area contributed by atoms with Crippen LogP contribution in [0.3, 0.4) is 0 Å². The average Bonchev–Trinajstić information content (AvgIpc) is 2.64. The maximum absolute atomic E-state index is 13.1. The first-order valence-electron chi connectivity index (χ1n) is 11.0. The summed E-state index contributed by atoms with van der Waals surface area (Å²) < 4.78 is 4.90. The van der Waals surface area contributed by atoms with Gasteiger partial charge in [-0.25, -0.2) is 0 Å². The number of carbonyl (C=O) groups is 2. The molecule has 4 nitrogen and oxygen atoms in total. The highest BCUT2D eigenvalue weighted by molar-refractivity contribution is 5.78. The summed E-state index contributed by atoms with van der Waals surface area (Å²) in [6, 6.07) is 0.307. The van der Waals surface area contributed by atoms with E-state index in [1.54, 1.807) is 0 Å². The fourth-order valence-electron chi connectivity index (χ4n) is 4.72. The van der Waals surface area contributed by atoms with Gasteiger partial charge >= 0.3 is 5.97 Å². The van der Waals surface area contributed by atoms with Crippen molar-refractivity contribution in [1.82, 2.24) is 4.90 Å². The Kier molecular flexibility index (Phi) is 9.49. The monoisotopic (exact) mass is 365 g/mol. The third-order valence-corrected chi connectivity index (χ3v) is 6.40. The van der Waals surface area contributed by atoms with Crippen LogP contribution < -0.4 is 0 Å². The number of ether oxygens (including phenoxy) is 1. The molecule has 0 aromatic rings. The van der Waals surface area contributed by atoms with Gasteiger partial charge in [0, 0.05) is 19.0 Å². The molecule has 0 radical (unpaired) electrons. The molecule has 1 unspecified atom stereocenters. The molecule has 26 heavy (non-hydrogen) atoms. The second-order valence-corrected chi connectivity index (χ2v) is 8.51. The lowest BCUT2D eigenvalue weighted by molar-refractivity contribution is -0.147. The smallest absolute Gasteiger partial charge is 0.310 e. The molecular formula is C22H39NO3. The van der Waals surface area contributed by atoms with Gasteiger partial charge in [0.2, 0.25) is 5.91 Å². The summed E-state index contributed by atoms with van der Waals surface area (Å²) in [5.74, 6) is 0.534. The van der Waals surface area contributed by atoms with Crippen LogP contribution in [0.5, 0.6) is 0 Å². The van der Waals surface area contributed by atoms with Crippen molar-refractivity contribution >= 4 is 11.9 Å². The maximum atomic E-state index is 13.1. The molecule has 0 N–H and O–H groups in total. The lowest BCUT2D eigenvalue weighted by atomic mass is 9.86. The average molecular weight is 366 g/mol. The van der Waals surface area contributed by atoms with E-state index >= 15 is 0 Å². The molecule has 0 bridgehead atoms. The van der Waals surface area contributed by atoms with Gasteiger partial charge in [0.25, 0.3) is 0 Å². The SMILES string of the molecule is COC(=O)C(C)CN(C(=O)CCC1CCCCC1)C1CCCCCCC1. The van der Waals surface area contributed by atoms with Crippen LogP contribution >= 0.6 is 0 Å². The van der Waals surface area contributed by atoms with Gasteiger partial charge in [0.1, 0.15) is 0 Å². The van der Waals surface area contributed by atoms with Crippen molar-refractivity contribution in [2.45, 2.75) is 103 Å². The fraction of sp³-hybridized carbons (Fsp3) is 0.909. The maximum Gasteiger partial charge on any atom is 0.310 e. The molecule has 0 saturated heterocycles. The van der Waals surface area contributed by atoms with Crippen LogP contribution in [0, 0.1) is 11.8 Å². The van der Waals surface area contributed by atoms with E-state index in [0.717, 1.165) is 25.2 Å². The Morgan fingerprint density at radius 3 is 2.08 bits per heavy atom. The number of hydrogen-bond donors (Lipinski definition) is 0. The molecule has 2 aliphatic rings. The van der Waals surface area contributed by atoms with E-state index in [1.165, 1.54) is 71.3 Å². The molecule has 0 aromatic carbocycles. The summed E-state index contributed by atoms with van der Waals surface area (Å²) in [4.78, 5) is 27.1. The molecular weight excluding hydrogens is 326 g/mol. The molecule has 2 aliphatic carbocycles. The molecule has 0 aromatic heterocycles. The van der Waals surface area contributed by atoms with Crippen LogP contribution in [0.1, 0.15) is 96.8 Å². The summed E-state index contributed by atoms with van der Waals surface area (Å²) in [5, 5.41) is 0. The summed E-state index contributed by atoms with van der Waals surface area (Å²) in [6.07, 6.45) is 16.7. The minimum Gasteiger partial charge on any atom is -0.469 e. The minimum atomic E-state index is -0.246. The quantitative estimate of drug-likeness (QED) is 0.590. The first-order chi connectivity index (χ1) is 12.6. The van der Waals surface area contributed by atoms with Crippen molar-refractivity contribution in [2.24, 2.45) is 11.8 Å². The first kappa shape index (κ1) is 21.2. The van der Waals surface area contributed by atoms with Crippen LogP contribution in [0.2, 0.25) is 0 Å². The Morgan fingerprint density at radius 2 is 1.46 bits per heavy atom. The molecule has 1 atom stereocenters. The summed E-state index contributed by atoms with van der Waals surface area (Å²) >= 11 is 0. The zero-order valence-electron chi connectivity index (χ0n) is 17.0. The number of esters is 1. The van der Waals surface area contributed by atoms with Crippen molar-refractivity contribution in [3.63, 3.8) is 0 Å². The molecule has 4 heteroatoms. The van der Waals surface area contributed by atoms with E-state index in [4.69, 9.17) is 4.74 Å². The number of amides is 1. The zero-order chi connectivity index (χ0) is 18.8. The Balaban J connectivity index is 1.97. The van der Waals surface area contributed by atoms with E-state index in [0.29, 0.717) is 19.0 Å². The normalized spacial score (nSPS) is 21.5. The molecule has 2 rings (SSSR count). The Labute approximate surface area is 160 Å². The second kappa shape index (κ2) is 11.6. The summed E-state index contributed by atoms with van der Waals surface area (Å²) in [7, 11) is 1.43. The third-order valence-electron chi connectivity index (χ3n) is 6.40. The zero-order valence-corrected chi connectivity index (χ0v) is 17.0. The van der Waals surface area contributed by atoms with Crippen LogP contribution in [0.4, 0.5) is 0 Å². The summed E-state index contributed by atoms with van der Waals surface area (Å²) in [5.41, 5.74) is 0. The molecule has 1 amide bonds. The van der Waals surface area contributed by atoms with Crippen molar-refractivity contribution in [3.05, 3.63) is 0 Å². The van der Waals surface area contributed by atoms with E-state index in [-0.39, 0.29) is 17.8 Å². The van der Waals surface area contributed by atoms with Gasteiger partial charge in [0.15, 0.2) is 0 Å². The van der Waals surface area contributed by atoms with Gasteiger partial charge in [-0.1, -0.05) is 71.1 Å². The molecule has 2 saturated carbocycles. The number of nitrogens with zero attached hydrogens (tertiary/aromatic N) is 1. The molecule has 150 valence electrons. The van der Waals surface area contributed by atoms with E-state index < -0.39 is 0 Å². The Morgan fingerprint density at radius 1 is 0.923 bits per heavy atom. The second-order valence-electron chi connectivity index (χ2n) is 8.51. The van der Waals surface area contributed by atoms with E-state index in [9.17, 15) is 9.59 Å². The number of rotatable bonds is 7. The highest BCUT2D eigenvalue weighted by Crippen LogP contribution is 2.29. The van der Waals surface area contributed by atoms with Crippen molar-refractivity contribution in [2.75, 3.05) is 13.7 Å². The largest absolute Gasteiger partial charge is 0.469 e. The fourth-order valence-corrected chi connectivity index (χ4v) is 4.72. The minimum absolute atomic E-state index is 0.207. The molecule has 0 spiro atoms. The van der Waals surface area contributed by atoms with Gasteiger partial charge in [0.05, 0.1) is 13.0 Å². The van der Waals surface area contributed by atoms with Crippen LogP contribution in [0.15, 0.2) is 0 Å². The number of methoxy groups -OCH3 is 1. The van der Waals surface area contributed by atoms with Gasteiger partial charge in [-0.15, -0.1) is 0 Å². The van der Waals surface area contributed by atoms with Crippen molar-refractivity contribution in [3.8, 4) is 0 Å². The van der Waals surface area contributed by atoms with Gasteiger partial charge < -0.3 is 9.64 Å². The first-order valence-corrected chi connectivity index (χ1v) is 11.0. The van der Waals surface area contributed by atoms with Crippen LogP contribution in [-0.4, -0.2) is 36.5 Å². The number of carbonyl (C=O) groups excluding carboxylic acids is 2. The van der Waals surface area contributed by atoms with Gasteiger partial charge in [-0.05, 0) is 25.2 Å². The topological polar surface area (TPSA) is 46.6 Å². The lowest BCUT2D eigenvalue weighted by Gasteiger charge is -2.35. The highest BCUT2D eigenvalue weighted by atomic mass is 16.5. The molecule has 2 fully saturated rings. The van der Waals surface area contributed by atoms with Gasteiger partial charge in [-0.2, -0.15) is 0 Å². The van der Waals surface area contributed by atoms with E-state index in [2.05, 4.69) is 4.90 Å². The van der Waals surface area contributed by atoms with Crippen LogP contribution in [0.25, 0.3) is 0 Å². The standard InChI is InChI=1S/C22H39NO3/c1-18(22(25)26-2)17-23(20-13-9-4-3-5-10-14-20)21(24)16-15-19-11-7-6-8-12-19/h18-20H,3-17H2,1-2H3.